The third-order valence-corrected chi connectivity index (χ3v) is 4.60. The van der Waals surface area contributed by atoms with Gasteiger partial charge in [-0.1, -0.05) is 12.1 Å². The summed E-state index contributed by atoms with van der Waals surface area (Å²) in [6.45, 7) is 4.67. The summed E-state index contributed by atoms with van der Waals surface area (Å²) in [7, 11) is 0. The number of hydrogen-bond acceptors (Lipinski definition) is 4. The van der Waals surface area contributed by atoms with Gasteiger partial charge in [-0.3, -0.25) is 14.4 Å². The maximum absolute atomic E-state index is 13.8. The lowest BCUT2D eigenvalue weighted by atomic mass is 10.1. The fraction of sp³-hybridized carbons (Fsp3) is 0.182. The highest BCUT2D eigenvalue weighted by Crippen LogP contribution is 2.24. The molecule has 2 aromatic carbocycles. The first-order valence-corrected chi connectivity index (χ1v) is 9.40. The number of carbonyl (C=O) groups is 2. The number of nitrogens with zero attached hydrogens (tertiary/aromatic N) is 2. The van der Waals surface area contributed by atoms with Gasteiger partial charge in [0.15, 0.2) is 0 Å². The Kier molecular flexibility index (Phi) is 6.24. The van der Waals surface area contributed by atoms with Crippen molar-refractivity contribution in [1.82, 2.24) is 9.78 Å². The smallest absolute Gasteiger partial charge is 0.267 e. The van der Waals surface area contributed by atoms with E-state index in [1.54, 1.807) is 18.2 Å². The van der Waals surface area contributed by atoms with Crippen molar-refractivity contribution in [3.63, 3.8) is 0 Å². The van der Waals surface area contributed by atoms with Crippen molar-refractivity contribution in [1.29, 1.82) is 0 Å². The van der Waals surface area contributed by atoms with E-state index in [1.165, 1.54) is 26.0 Å². The molecule has 0 aliphatic rings. The van der Waals surface area contributed by atoms with Crippen LogP contribution in [0.15, 0.2) is 53.3 Å². The molecule has 2 N–H and O–H groups in total. The van der Waals surface area contributed by atoms with E-state index in [2.05, 4.69) is 15.7 Å². The van der Waals surface area contributed by atoms with Crippen molar-refractivity contribution < 1.29 is 18.4 Å². The molecular weight excluding hydrogens is 406 g/mol. The molecule has 0 aliphatic carbocycles. The first-order valence-electron chi connectivity index (χ1n) is 9.40. The zero-order valence-corrected chi connectivity index (χ0v) is 17.1. The molecule has 9 heteroatoms. The molecule has 0 spiro atoms. The molecule has 160 valence electrons. The topological polar surface area (TPSA) is 93.1 Å². The van der Waals surface area contributed by atoms with E-state index in [-0.39, 0.29) is 11.6 Å². The van der Waals surface area contributed by atoms with E-state index < -0.39 is 29.1 Å². The number of halogens is 2. The third-order valence-electron chi connectivity index (χ3n) is 4.60. The average Bonchev–Trinajstić information content (AvgIpc) is 2.71. The SMILES string of the molecule is CC(=O)Nc1cc(-c2ccc(=O)n([C@H](C)C(=O)Nc3ccc(F)cc3F)n2)ccc1C. The van der Waals surface area contributed by atoms with Crippen LogP contribution in [0.5, 0.6) is 0 Å². The van der Waals surface area contributed by atoms with Crippen LogP contribution in [0.25, 0.3) is 11.3 Å². The first kappa shape index (κ1) is 21.8. The third kappa shape index (κ3) is 5.00. The molecule has 0 saturated heterocycles. The molecule has 0 saturated carbocycles. The van der Waals surface area contributed by atoms with Gasteiger partial charge in [0.25, 0.3) is 5.56 Å². The Labute approximate surface area is 176 Å². The maximum atomic E-state index is 13.8. The number of nitrogens with one attached hydrogen (secondary N) is 2. The molecule has 31 heavy (non-hydrogen) atoms. The molecular formula is C22H20F2N4O3. The van der Waals surface area contributed by atoms with E-state index in [9.17, 15) is 23.2 Å². The highest BCUT2D eigenvalue weighted by molar-refractivity contribution is 5.93. The normalized spacial score (nSPS) is 11.6. The molecule has 0 bridgehead atoms. The van der Waals surface area contributed by atoms with Gasteiger partial charge in [0.05, 0.1) is 11.4 Å². The number of aromatic nitrogens is 2. The van der Waals surface area contributed by atoms with Crippen LogP contribution in [0.1, 0.15) is 25.5 Å². The lowest BCUT2D eigenvalue weighted by molar-refractivity contribution is -0.119. The molecule has 0 unspecified atom stereocenters. The summed E-state index contributed by atoms with van der Waals surface area (Å²) in [6, 6.07) is 9.74. The van der Waals surface area contributed by atoms with Gasteiger partial charge in [0.1, 0.15) is 17.7 Å². The molecule has 3 aromatic rings. The van der Waals surface area contributed by atoms with Crippen molar-refractivity contribution in [2.45, 2.75) is 26.8 Å². The lowest BCUT2D eigenvalue weighted by Crippen LogP contribution is -2.33. The number of benzene rings is 2. The van der Waals surface area contributed by atoms with Crippen LogP contribution < -0.4 is 16.2 Å². The monoisotopic (exact) mass is 426 g/mol. The highest BCUT2D eigenvalue weighted by Gasteiger charge is 2.20. The molecule has 0 fully saturated rings. The predicted molar refractivity (Wildman–Crippen MR) is 113 cm³/mol. The largest absolute Gasteiger partial charge is 0.326 e. The molecule has 2 amide bonds. The fourth-order valence-electron chi connectivity index (χ4n) is 2.90. The minimum Gasteiger partial charge on any atom is -0.326 e. The number of amides is 2. The lowest BCUT2D eigenvalue weighted by Gasteiger charge is -2.16. The van der Waals surface area contributed by atoms with Crippen LogP contribution in [-0.2, 0) is 9.59 Å². The minimum atomic E-state index is -1.07. The van der Waals surface area contributed by atoms with E-state index in [4.69, 9.17) is 0 Å². The summed E-state index contributed by atoms with van der Waals surface area (Å²) in [5.74, 6) is -2.62. The zero-order valence-electron chi connectivity index (χ0n) is 17.1. The number of anilines is 2. The molecule has 1 aromatic heterocycles. The number of rotatable bonds is 5. The van der Waals surface area contributed by atoms with Crippen LogP contribution in [-0.4, -0.2) is 21.6 Å². The molecule has 1 heterocycles. The Morgan fingerprint density at radius 1 is 1.00 bits per heavy atom. The van der Waals surface area contributed by atoms with Gasteiger partial charge in [-0.05, 0) is 43.7 Å². The Hall–Kier alpha value is -3.88. The quantitative estimate of drug-likeness (QED) is 0.651. The van der Waals surface area contributed by atoms with Gasteiger partial charge in [-0.2, -0.15) is 5.10 Å². The average molecular weight is 426 g/mol. The standard InChI is InChI=1S/C22H20F2N4O3/c1-12-4-5-15(10-20(12)25-14(3)29)18-8-9-21(30)28(27-18)13(2)22(31)26-19-7-6-16(23)11-17(19)24/h4-11,13H,1-3H3,(H,25,29)(H,26,31)/t13-/m1/s1. The summed E-state index contributed by atoms with van der Waals surface area (Å²) in [5, 5.41) is 9.33. The number of carbonyl (C=O) groups excluding carboxylic acids is 2. The van der Waals surface area contributed by atoms with E-state index in [1.807, 2.05) is 6.92 Å². The van der Waals surface area contributed by atoms with Gasteiger partial charge in [0, 0.05) is 30.3 Å². The van der Waals surface area contributed by atoms with Crippen LogP contribution in [0, 0.1) is 18.6 Å². The summed E-state index contributed by atoms with van der Waals surface area (Å²) >= 11 is 0. The van der Waals surface area contributed by atoms with Crippen molar-refractivity contribution in [2.75, 3.05) is 10.6 Å². The second kappa shape index (κ2) is 8.86. The summed E-state index contributed by atoms with van der Waals surface area (Å²) in [6.07, 6.45) is 0. The van der Waals surface area contributed by atoms with Crippen molar-refractivity contribution in [3.05, 3.63) is 76.1 Å². The van der Waals surface area contributed by atoms with Crippen molar-refractivity contribution in [2.24, 2.45) is 0 Å². The van der Waals surface area contributed by atoms with Gasteiger partial charge in [0.2, 0.25) is 11.8 Å². The maximum Gasteiger partial charge on any atom is 0.267 e. The molecule has 0 aliphatic heterocycles. The molecule has 0 radical (unpaired) electrons. The van der Waals surface area contributed by atoms with Gasteiger partial charge >= 0.3 is 0 Å². The molecule has 1 atom stereocenters. The number of aryl methyl sites for hydroxylation is 1. The zero-order chi connectivity index (χ0) is 22.7. The van der Waals surface area contributed by atoms with Gasteiger partial charge < -0.3 is 10.6 Å². The van der Waals surface area contributed by atoms with Crippen LogP contribution in [0.2, 0.25) is 0 Å². The Morgan fingerprint density at radius 2 is 1.74 bits per heavy atom. The summed E-state index contributed by atoms with van der Waals surface area (Å²) in [4.78, 5) is 36.3. The van der Waals surface area contributed by atoms with Crippen molar-refractivity contribution in [3.8, 4) is 11.3 Å². The predicted octanol–water partition coefficient (Wildman–Crippen LogP) is 3.66. The second-order valence-corrected chi connectivity index (χ2v) is 7.00. The highest BCUT2D eigenvalue weighted by atomic mass is 19.1. The fourth-order valence-corrected chi connectivity index (χ4v) is 2.90. The van der Waals surface area contributed by atoms with E-state index in [0.717, 1.165) is 22.4 Å². The van der Waals surface area contributed by atoms with Crippen molar-refractivity contribution >= 4 is 23.2 Å². The van der Waals surface area contributed by atoms with E-state index in [0.29, 0.717) is 23.0 Å². The Bertz CT molecular complexity index is 1220. The molecule has 7 nitrogen and oxygen atoms in total. The molecule has 3 rings (SSSR count). The van der Waals surface area contributed by atoms with Crippen LogP contribution >= 0.6 is 0 Å². The summed E-state index contributed by atoms with van der Waals surface area (Å²) < 4.78 is 27.9. The van der Waals surface area contributed by atoms with Gasteiger partial charge in [-0.15, -0.1) is 0 Å². The van der Waals surface area contributed by atoms with Crippen LogP contribution in [0.4, 0.5) is 20.2 Å². The number of hydrogen-bond donors (Lipinski definition) is 2. The minimum absolute atomic E-state index is 0.207. The van der Waals surface area contributed by atoms with E-state index >= 15 is 0 Å². The van der Waals surface area contributed by atoms with Crippen LogP contribution in [0.3, 0.4) is 0 Å². The first-order chi connectivity index (χ1) is 14.7. The Morgan fingerprint density at radius 3 is 2.42 bits per heavy atom. The second-order valence-electron chi connectivity index (χ2n) is 7.00. The summed E-state index contributed by atoms with van der Waals surface area (Å²) in [5.41, 5.74) is 1.74. The van der Waals surface area contributed by atoms with Gasteiger partial charge in [-0.25, -0.2) is 13.5 Å². The Balaban J connectivity index is 1.91.